The smallest absolute Gasteiger partial charge is 0.225 e. The molecule has 0 spiro atoms. The van der Waals surface area contributed by atoms with Crippen molar-refractivity contribution in [1.29, 1.82) is 0 Å². The van der Waals surface area contributed by atoms with Gasteiger partial charge in [0.25, 0.3) is 0 Å². The third-order valence-electron chi connectivity index (χ3n) is 6.26. The summed E-state index contributed by atoms with van der Waals surface area (Å²) in [5.41, 5.74) is 0. The van der Waals surface area contributed by atoms with Crippen LogP contribution in [0, 0.1) is 17.8 Å². The molecule has 0 radical (unpaired) electrons. The van der Waals surface area contributed by atoms with Crippen molar-refractivity contribution in [3.05, 3.63) is 0 Å². The Labute approximate surface area is 130 Å². The summed E-state index contributed by atoms with van der Waals surface area (Å²) >= 11 is 0. The number of carbonyl (C=O) groups excluding carboxylic acids is 1. The van der Waals surface area contributed by atoms with E-state index in [0.29, 0.717) is 11.8 Å². The summed E-state index contributed by atoms with van der Waals surface area (Å²) in [5.74, 6) is 2.69. The Balaban J connectivity index is 1.42. The van der Waals surface area contributed by atoms with Crippen LogP contribution in [-0.4, -0.2) is 47.9 Å². The van der Waals surface area contributed by atoms with Gasteiger partial charge in [-0.3, -0.25) is 9.69 Å². The molecular weight excluding hydrogens is 260 g/mol. The van der Waals surface area contributed by atoms with Crippen LogP contribution in [0.4, 0.5) is 0 Å². The molecule has 120 valence electrons. The van der Waals surface area contributed by atoms with Gasteiger partial charge in [0.15, 0.2) is 0 Å². The quantitative estimate of drug-likeness (QED) is 0.794. The lowest BCUT2D eigenvalue weighted by atomic mass is 9.77. The molecule has 2 aliphatic carbocycles. The van der Waals surface area contributed by atoms with Crippen LogP contribution in [0.15, 0.2) is 0 Å². The van der Waals surface area contributed by atoms with Gasteiger partial charge in [-0.1, -0.05) is 20.3 Å². The Bertz CT molecular complexity index is 350. The molecule has 0 aromatic carbocycles. The second-order valence-electron chi connectivity index (χ2n) is 7.59. The van der Waals surface area contributed by atoms with E-state index in [1.54, 1.807) is 0 Å². The molecular formula is C18H32N2O. The molecule has 1 atom stereocenters. The molecule has 1 aliphatic heterocycles. The van der Waals surface area contributed by atoms with Gasteiger partial charge in [-0.25, -0.2) is 0 Å². The first-order valence-electron chi connectivity index (χ1n) is 9.22. The largest absolute Gasteiger partial charge is 0.340 e. The molecule has 3 heteroatoms. The fourth-order valence-electron chi connectivity index (χ4n) is 4.27. The van der Waals surface area contributed by atoms with E-state index in [1.165, 1.54) is 32.1 Å². The number of piperazine rings is 1. The molecule has 1 unspecified atom stereocenters. The fraction of sp³-hybridized carbons (Fsp3) is 0.944. The van der Waals surface area contributed by atoms with Crippen LogP contribution < -0.4 is 0 Å². The van der Waals surface area contributed by atoms with Crippen LogP contribution in [0.25, 0.3) is 0 Å². The Morgan fingerprint density at radius 3 is 2.14 bits per heavy atom. The van der Waals surface area contributed by atoms with E-state index in [9.17, 15) is 4.79 Å². The van der Waals surface area contributed by atoms with Crippen molar-refractivity contribution in [3.63, 3.8) is 0 Å². The lowest BCUT2D eigenvalue weighted by Gasteiger charge is -2.42. The van der Waals surface area contributed by atoms with Crippen LogP contribution in [0.2, 0.25) is 0 Å². The summed E-state index contributed by atoms with van der Waals surface area (Å²) in [7, 11) is 0. The Morgan fingerprint density at radius 2 is 1.62 bits per heavy atom. The van der Waals surface area contributed by atoms with E-state index in [0.717, 1.165) is 56.9 Å². The molecule has 3 nitrogen and oxygen atoms in total. The predicted octanol–water partition coefficient (Wildman–Crippen LogP) is 3.15. The first-order valence-corrected chi connectivity index (χ1v) is 9.22. The zero-order valence-corrected chi connectivity index (χ0v) is 13.9. The summed E-state index contributed by atoms with van der Waals surface area (Å²) in [4.78, 5) is 16.9. The van der Waals surface area contributed by atoms with Crippen LogP contribution in [0.1, 0.15) is 58.8 Å². The third kappa shape index (κ3) is 3.61. The Morgan fingerprint density at radius 1 is 1.00 bits per heavy atom. The van der Waals surface area contributed by atoms with Crippen molar-refractivity contribution >= 4 is 5.91 Å². The van der Waals surface area contributed by atoms with Crippen LogP contribution in [0.5, 0.6) is 0 Å². The van der Waals surface area contributed by atoms with E-state index in [1.807, 2.05) is 0 Å². The second-order valence-corrected chi connectivity index (χ2v) is 7.59. The first kappa shape index (κ1) is 15.3. The molecule has 1 saturated heterocycles. The Kier molecular flexibility index (Phi) is 4.88. The Hall–Kier alpha value is -0.570. The van der Waals surface area contributed by atoms with E-state index >= 15 is 0 Å². The number of hydrogen-bond acceptors (Lipinski definition) is 2. The third-order valence-corrected chi connectivity index (χ3v) is 6.26. The molecule has 1 heterocycles. The highest BCUT2D eigenvalue weighted by Crippen LogP contribution is 2.34. The number of rotatable bonds is 4. The molecule has 2 saturated carbocycles. The van der Waals surface area contributed by atoms with Gasteiger partial charge in [0.2, 0.25) is 5.91 Å². The van der Waals surface area contributed by atoms with Gasteiger partial charge in [-0.2, -0.15) is 0 Å². The zero-order chi connectivity index (χ0) is 14.8. The lowest BCUT2D eigenvalue weighted by molar-refractivity contribution is -0.134. The maximum absolute atomic E-state index is 12.1. The van der Waals surface area contributed by atoms with Crippen molar-refractivity contribution in [3.8, 4) is 0 Å². The average molecular weight is 292 g/mol. The van der Waals surface area contributed by atoms with Crippen LogP contribution in [-0.2, 0) is 4.79 Å². The summed E-state index contributed by atoms with van der Waals surface area (Å²) in [6.07, 6.45) is 9.20. The fourth-order valence-corrected chi connectivity index (χ4v) is 4.27. The topological polar surface area (TPSA) is 23.6 Å². The van der Waals surface area contributed by atoms with Crippen molar-refractivity contribution in [2.75, 3.05) is 26.2 Å². The summed E-state index contributed by atoms with van der Waals surface area (Å²) in [6.45, 7) is 8.91. The van der Waals surface area contributed by atoms with Gasteiger partial charge >= 0.3 is 0 Å². The van der Waals surface area contributed by atoms with E-state index in [4.69, 9.17) is 0 Å². The van der Waals surface area contributed by atoms with E-state index < -0.39 is 0 Å². The maximum atomic E-state index is 12.1. The van der Waals surface area contributed by atoms with Crippen molar-refractivity contribution in [2.45, 2.75) is 64.8 Å². The normalized spacial score (nSPS) is 33.0. The molecule has 3 fully saturated rings. The molecule has 21 heavy (non-hydrogen) atoms. The summed E-state index contributed by atoms with van der Waals surface area (Å²) < 4.78 is 0. The highest BCUT2D eigenvalue weighted by atomic mass is 16.2. The zero-order valence-electron chi connectivity index (χ0n) is 13.9. The maximum Gasteiger partial charge on any atom is 0.225 e. The molecule has 0 aromatic rings. The highest BCUT2D eigenvalue weighted by Gasteiger charge is 2.36. The standard InChI is InChI=1S/C18H32N2O/c1-3-14(2)15-6-8-17(9-7-15)19-10-12-20(13-11-19)18(21)16-4-5-16/h14-17H,3-13H2,1-2H3/t14?,15-,17-. The molecule has 3 aliphatic rings. The van der Waals surface area contributed by atoms with Gasteiger partial charge in [0.05, 0.1) is 0 Å². The van der Waals surface area contributed by atoms with E-state index in [-0.39, 0.29) is 0 Å². The number of nitrogens with zero attached hydrogens (tertiary/aromatic N) is 2. The van der Waals surface area contributed by atoms with Crippen molar-refractivity contribution in [2.24, 2.45) is 17.8 Å². The highest BCUT2D eigenvalue weighted by molar-refractivity contribution is 5.81. The minimum atomic E-state index is 0.391. The first-order chi connectivity index (χ1) is 10.2. The SMILES string of the molecule is CCC(C)[C@H]1CC[C@H](N2CCN(C(=O)C3CC3)CC2)CC1. The van der Waals surface area contributed by atoms with Gasteiger partial charge in [0, 0.05) is 38.1 Å². The molecule has 1 amide bonds. The van der Waals surface area contributed by atoms with Crippen LogP contribution >= 0.6 is 0 Å². The molecule has 0 N–H and O–H groups in total. The average Bonchev–Trinajstić information content (AvgIpc) is 3.39. The van der Waals surface area contributed by atoms with Gasteiger partial charge in [0.1, 0.15) is 0 Å². The summed E-state index contributed by atoms with van der Waals surface area (Å²) in [5, 5.41) is 0. The minimum Gasteiger partial charge on any atom is -0.340 e. The van der Waals surface area contributed by atoms with Crippen molar-refractivity contribution < 1.29 is 4.79 Å². The van der Waals surface area contributed by atoms with Gasteiger partial charge in [-0.15, -0.1) is 0 Å². The number of carbonyl (C=O) groups is 1. The monoisotopic (exact) mass is 292 g/mol. The number of amides is 1. The molecule has 0 bridgehead atoms. The van der Waals surface area contributed by atoms with Gasteiger partial charge in [-0.05, 0) is 50.4 Å². The molecule has 0 aromatic heterocycles. The predicted molar refractivity (Wildman–Crippen MR) is 86.1 cm³/mol. The second kappa shape index (κ2) is 6.68. The lowest BCUT2D eigenvalue weighted by Crippen LogP contribution is -2.53. The molecule has 3 rings (SSSR count). The van der Waals surface area contributed by atoms with Gasteiger partial charge < -0.3 is 4.90 Å². The van der Waals surface area contributed by atoms with Crippen molar-refractivity contribution in [1.82, 2.24) is 9.80 Å². The number of hydrogen-bond donors (Lipinski definition) is 0. The minimum absolute atomic E-state index is 0.391. The summed E-state index contributed by atoms with van der Waals surface area (Å²) in [6, 6.07) is 0.795. The van der Waals surface area contributed by atoms with Crippen LogP contribution in [0.3, 0.4) is 0 Å². The van der Waals surface area contributed by atoms with E-state index in [2.05, 4.69) is 23.6 Å².